The molecule has 2 aromatic heterocycles. The van der Waals surface area contributed by atoms with Crippen LogP contribution in [0.15, 0.2) is 24.4 Å². The number of alkyl halides is 3. The zero-order chi connectivity index (χ0) is 29.6. The van der Waals surface area contributed by atoms with Crippen LogP contribution < -0.4 is 10.6 Å². The van der Waals surface area contributed by atoms with Crippen molar-refractivity contribution in [2.45, 2.75) is 102 Å². The number of carbonyl (C=O) groups excluding carboxylic acids is 2. The molecule has 1 saturated carbocycles. The van der Waals surface area contributed by atoms with E-state index < -0.39 is 11.7 Å². The molecule has 0 unspecified atom stereocenters. The maximum atomic E-state index is 13.0. The maximum Gasteiger partial charge on any atom is 0.417 e. The average molecular weight is 588 g/mol. The molecule has 1 spiro atoms. The lowest BCUT2D eigenvalue weighted by Crippen LogP contribution is -2.47. The third-order valence-corrected chi connectivity index (χ3v) is 9.49. The van der Waals surface area contributed by atoms with Gasteiger partial charge in [-0.15, -0.1) is 0 Å². The predicted molar refractivity (Wildman–Crippen MR) is 155 cm³/mol. The summed E-state index contributed by atoms with van der Waals surface area (Å²) in [6.07, 6.45) is 11.8. The number of nitrogens with one attached hydrogen (secondary N) is 3. The van der Waals surface area contributed by atoms with Gasteiger partial charge in [0, 0.05) is 50.0 Å². The Morgan fingerprint density at radius 3 is 2.40 bits per heavy atom. The third-order valence-electron chi connectivity index (χ3n) is 9.49. The van der Waals surface area contributed by atoms with Gasteiger partial charge < -0.3 is 20.5 Å². The number of likely N-dealkylation sites (tertiary alicyclic amines) is 1. The number of fused-ring (bicyclic) bond motifs is 2. The smallest absolute Gasteiger partial charge is 0.354 e. The molecule has 42 heavy (non-hydrogen) atoms. The average Bonchev–Trinajstić information content (AvgIpc) is 3.47. The molecule has 0 aromatic carbocycles. The van der Waals surface area contributed by atoms with Gasteiger partial charge in [0.1, 0.15) is 11.4 Å². The Labute approximate surface area is 246 Å². The molecular formula is C32H44F3N5O2. The second-order valence-corrected chi connectivity index (χ2v) is 12.4. The van der Waals surface area contributed by atoms with E-state index in [2.05, 4.69) is 26.7 Å². The number of unbranched alkanes of at least 4 members (excludes halogenated alkanes) is 1. The van der Waals surface area contributed by atoms with Crippen LogP contribution in [0.3, 0.4) is 0 Å². The monoisotopic (exact) mass is 587 g/mol. The Morgan fingerprint density at radius 1 is 1.02 bits per heavy atom. The van der Waals surface area contributed by atoms with Crippen LogP contribution in [-0.4, -0.2) is 52.9 Å². The van der Waals surface area contributed by atoms with Gasteiger partial charge in [0.2, 0.25) is 0 Å². The molecule has 0 radical (unpaired) electrons. The molecule has 3 N–H and O–H groups in total. The quantitative estimate of drug-likeness (QED) is 0.329. The highest BCUT2D eigenvalue weighted by atomic mass is 19.4. The van der Waals surface area contributed by atoms with E-state index in [-0.39, 0.29) is 23.0 Å². The Hall–Kier alpha value is -2.88. The molecule has 2 aliphatic heterocycles. The molecule has 7 nitrogen and oxygen atoms in total. The molecule has 4 heterocycles. The van der Waals surface area contributed by atoms with E-state index in [4.69, 9.17) is 0 Å². The normalized spacial score (nSPS) is 19.9. The van der Waals surface area contributed by atoms with E-state index in [1.807, 2.05) is 0 Å². The Morgan fingerprint density at radius 2 is 1.74 bits per heavy atom. The number of aromatic amines is 1. The number of pyridine rings is 1. The van der Waals surface area contributed by atoms with Crippen LogP contribution in [0, 0.1) is 5.92 Å². The van der Waals surface area contributed by atoms with Crippen LogP contribution >= 0.6 is 0 Å². The lowest BCUT2D eigenvalue weighted by Gasteiger charge is -2.39. The summed E-state index contributed by atoms with van der Waals surface area (Å²) in [6, 6.07) is 4.16. The highest BCUT2D eigenvalue weighted by Gasteiger charge is 2.37. The Balaban J connectivity index is 1.03. The first kappa shape index (κ1) is 30.6. The Kier molecular flexibility index (Phi) is 9.91. The van der Waals surface area contributed by atoms with Crippen LogP contribution in [0.2, 0.25) is 0 Å². The van der Waals surface area contributed by atoms with Crippen LogP contribution in [0.5, 0.6) is 0 Å². The van der Waals surface area contributed by atoms with Crippen molar-refractivity contribution in [2.75, 3.05) is 26.2 Å². The van der Waals surface area contributed by atoms with E-state index >= 15 is 0 Å². The summed E-state index contributed by atoms with van der Waals surface area (Å²) < 4.78 is 38.3. The number of piperidine rings is 1. The second kappa shape index (κ2) is 13.6. The zero-order valence-electron chi connectivity index (χ0n) is 24.5. The highest BCUT2D eigenvalue weighted by Crippen LogP contribution is 2.39. The van der Waals surface area contributed by atoms with Crippen molar-refractivity contribution in [3.05, 3.63) is 52.6 Å². The van der Waals surface area contributed by atoms with E-state index in [0.29, 0.717) is 31.2 Å². The number of rotatable bonds is 7. The SMILES string of the molecule is O=C(NCCCCC1CCN(C(=O)c2ccc(C(F)(F)F)cn2)CC1)c1cc2c([nH]1)CCNC21CCCCCCCC1. The molecule has 10 heteroatoms. The summed E-state index contributed by atoms with van der Waals surface area (Å²) >= 11 is 0. The molecule has 2 amide bonds. The van der Waals surface area contributed by atoms with Crippen LogP contribution in [0.1, 0.15) is 121 Å². The van der Waals surface area contributed by atoms with Crippen molar-refractivity contribution in [2.24, 2.45) is 5.92 Å². The molecule has 3 aliphatic rings. The number of halogens is 3. The van der Waals surface area contributed by atoms with Gasteiger partial charge >= 0.3 is 6.18 Å². The van der Waals surface area contributed by atoms with E-state index in [0.717, 1.165) is 76.2 Å². The van der Waals surface area contributed by atoms with Gasteiger partial charge in [-0.1, -0.05) is 51.4 Å². The van der Waals surface area contributed by atoms with Crippen molar-refractivity contribution in [1.29, 1.82) is 0 Å². The first-order valence-corrected chi connectivity index (χ1v) is 15.8. The predicted octanol–water partition coefficient (Wildman–Crippen LogP) is 6.36. The van der Waals surface area contributed by atoms with Crippen molar-refractivity contribution < 1.29 is 22.8 Å². The molecule has 2 aromatic rings. The highest BCUT2D eigenvalue weighted by molar-refractivity contribution is 5.93. The van der Waals surface area contributed by atoms with Gasteiger partial charge in [-0.3, -0.25) is 14.6 Å². The van der Waals surface area contributed by atoms with Gasteiger partial charge in [-0.05, 0) is 61.8 Å². The van der Waals surface area contributed by atoms with E-state index in [1.54, 1.807) is 4.90 Å². The standard InChI is InChI=1S/C32H44F3N5O2/c33-32(34,35)24-10-11-27(37-22-24)30(42)40-19-13-23(14-20-40)9-5-8-17-36-29(41)28-21-25-26(39-28)12-18-38-31(25)15-6-3-1-2-4-7-16-31/h10-11,21-23,38-39H,1-9,12-20H2,(H,36,41). The van der Waals surface area contributed by atoms with Gasteiger partial charge in [0.15, 0.2) is 0 Å². The maximum absolute atomic E-state index is 13.0. The minimum absolute atomic E-state index is 0.00138. The molecule has 2 fully saturated rings. The summed E-state index contributed by atoms with van der Waals surface area (Å²) in [5, 5.41) is 6.94. The topological polar surface area (TPSA) is 90.1 Å². The van der Waals surface area contributed by atoms with Gasteiger partial charge in [-0.2, -0.15) is 13.2 Å². The second-order valence-electron chi connectivity index (χ2n) is 12.4. The van der Waals surface area contributed by atoms with Crippen LogP contribution in [0.4, 0.5) is 13.2 Å². The molecule has 0 atom stereocenters. The fourth-order valence-corrected chi connectivity index (χ4v) is 7.03. The minimum atomic E-state index is -4.47. The van der Waals surface area contributed by atoms with Gasteiger partial charge in [0.25, 0.3) is 11.8 Å². The lowest BCUT2D eigenvalue weighted by atomic mass is 9.78. The summed E-state index contributed by atoms with van der Waals surface area (Å²) in [7, 11) is 0. The lowest BCUT2D eigenvalue weighted by molar-refractivity contribution is -0.137. The molecule has 230 valence electrons. The fourth-order valence-electron chi connectivity index (χ4n) is 7.03. The van der Waals surface area contributed by atoms with Gasteiger partial charge in [-0.25, -0.2) is 0 Å². The number of carbonyl (C=O) groups is 2. The number of hydrogen-bond acceptors (Lipinski definition) is 4. The molecular weight excluding hydrogens is 543 g/mol. The fraction of sp³-hybridized carbons (Fsp3) is 0.656. The molecule has 1 aliphatic carbocycles. The molecule has 5 rings (SSSR count). The van der Waals surface area contributed by atoms with E-state index in [1.165, 1.54) is 49.8 Å². The van der Waals surface area contributed by atoms with Crippen molar-refractivity contribution in [1.82, 2.24) is 25.5 Å². The molecule has 1 saturated heterocycles. The Bertz CT molecular complexity index is 1190. The number of nitrogens with zero attached hydrogens (tertiary/aromatic N) is 2. The number of aromatic nitrogens is 2. The minimum Gasteiger partial charge on any atom is -0.354 e. The largest absolute Gasteiger partial charge is 0.417 e. The van der Waals surface area contributed by atoms with Crippen LogP contribution in [-0.2, 0) is 18.1 Å². The van der Waals surface area contributed by atoms with Gasteiger partial charge in [0.05, 0.1) is 5.56 Å². The molecule has 0 bridgehead atoms. The number of amides is 2. The first-order chi connectivity index (χ1) is 20.2. The number of hydrogen-bond donors (Lipinski definition) is 3. The number of H-pyrrole nitrogens is 1. The third kappa shape index (κ3) is 7.36. The summed E-state index contributed by atoms with van der Waals surface area (Å²) in [5.41, 5.74) is 2.39. The van der Waals surface area contributed by atoms with E-state index in [9.17, 15) is 22.8 Å². The zero-order valence-corrected chi connectivity index (χ0v) is 24.5. The summed E-state index contributed by atoms with van der Waals surface area (Å²) in [4.78, 5) is 34.6. The summed E-state index contributed by atoms with van der Waals surface area (Å²) in [5.74, 6) is 0.144. The van der Waals surface area contributed by atoms with Crippen molar-refractivity contribution in [3.8, 4) is 0 Å². The summed E-state index contributed by atoms with van der Waals surface area (Å²) in [6.45, 7) is 2.74. The van der Waals surface area contributed by atoms with Crippen LogP contribution in [0.25, 0.3) is 0 Å². The van der Waals surface area contributed by atoms with Crippen molar-refractivity contribution in [3.63, 3.8) is 0 Å². The first-order valence-electron chi connectivity index (χ1n) is 15.8. The van der Waals surface area contributed by atoms with Crippen molar-refractivity contribution >= 4 is 11.8 Å².